The Bertz CT molecular complexity index is 675. The van der Waals surface area contributed by atoms with Crippen LogP contribution in [0.2, 0.25) is 0 Å². The van der Waals surface area contributed by atoms with E-state index in [2.05, 4.69) is 6.08 Å². The zero-order chi connectivity index (χ0) is 17.4. The van der Waals surface area contributed by atoms with Crippen molar-refractivity contribution >= 4 is 5.91 Å². The summed E-state index contributed by atoms with van der Waals surface area (Å²) in [6.45, 7) is 1.15. The molecule has 2 heterocycles. The Morgan fingerprint density at radius 2 is 1.72 bits per heavy atom. The number of carbonyl (C=O) groups excluding carboxylic acids is 1. The average molecular weight is 344 g/mol. The Hall–Kier alpha value is -1.91. The van der Waals surface area contributed by atoms with Crippen LogP contribution >= 0.6 is 0 Å². The fourth-order valence-corrected chi connectivity index (χ4v) is 4.82. The van der Waals surface area contributed by atoms with E-state index in [1.54, 1.807) is 0 Å². The number of carbonyl (C=O) groups is 1. The van der Waals surface area contributed by atoms with Crippen molar-refractivity contribution in [3.63, 3.8) is 0 Å². The van der Waals surface area contributed by atoms with Crippen LogP contribution in [0.25, 0.3) is 0 Å². The van der Waals surface area contributed by atoms with Crippen LogP contribution in [0.3, 0.4) is 0 Å². The zero-order valence-electron chi connectivity index (χ0n) is 14.8. The van der Waals surface area contributed by atoms with E-state index < -0.39 is 0 Å². The Labute approximate surface area is 148 Å². The molecule has 0 saturated carbocycles. The van der Waals surface area contributed by atoms with Crippen LogP contribution in [-0.4, -0.2) is 32.1 Å². The van der Waals surface area contributed by atoms with Gasteiger partial charge in [-0.2, -0.15) is 0 Å². The molecule has 0 radical (unpaired) electrons. The maximum atomic E-state index is 12.8. The predicted molar refractivity (Wildman–Crippen MR) is 95.4 cm³/mol. The van der Waals surface area contributed by atoms with Crippen molar-refractivity contribution in [2.24, 2.45) is 5.92 Å². The second-order valence-electron chi connectivity index (χ2n) is 7.66. The highest BCUT2D eigenvalue weighted by atomic mass is 16.3. The smallest absolute Gasteiger partial charge is 0.228 e. The van der Waals surface area contributed by atoms with E-state index in [4.69, 9.17) is 0 Å². The third-order valence-corrected chi connectivity index (χ3v) is 6.14. The van der Waals surface area contributed by atoms with Crippen molar-refractivity contribution in [2.45, 2.75) is 70.8 Å². The number of likely N-dealkylation sites (tertiary alicyclic amines) is 1. The number of rotatable bonds is 3. The van der Waals surface area contributed by atoms with Crippen LogP contribution in [0.4, 0.5) is 0 Å². The molecule has 0 aromatic carbocycles. The molecule has 1 aliphatic heterocycles. The lowest BCUT2D eigenvalue weighted by atomic mass is 9.85. The minimum Gasteiger partial charge on any atom is -0.494 e. The molecule has 5 heteroatoms. The zero-order valence-corrected chi connectivity index (χ0v) is 14.8. The Morgan fingerprint density at radius 1 is 1.04 bits per heavy atom. The molecule has 1 saturated heterocycles. The number of allylic oxidation sites excluding steroid dienone is 2. The van der Waals surface area contributed by atoms with Gasteiger partial charge in [-0.3, -0.25) is 9.36 Å². The molecule has 1 aromatic heterocycles. The minimum absolute atomic E-state index is 0.114. The normalized spacial score (nSPS) is 23.0. The number of amides is 1. The molecule has 0 bridgehead atoms. The average Bonchev–Trinajstić information content (AvgIpc) is 2.90. The van der Waals surface area contributed by atoms with Crippen molar-refractivity contribution in [3.05, 3.63) is 22.9 Å². The van der Waals surface area contributed by atoms with E-state index in [9.17, 15) is 15.0 Å². The van der Waals surface area contributed by atoms with Crippen LogP contribution in [0.1, 0.15) is 62.5 Å². The van der Waals surface area contributed by atoms with Gasteiger partial charge in [0.2, 0.25) is 5.91 Å². The molecule has 1 aromatic rings. The standard InChI is InChI=1S/C20H28N2O3/c23-18(21-12-5-7-14-6-1-4-10-17(14)21)11-13-22-19(24)15-8-2-3-9-16(15)20(22)25/h10,14,24-25H,1-9,11-13H2. The summed E-state index contributed by atoms with van der Waals surface area (Å²) in [4.78, 5) is 14.8. The Balaban J connectivity index is 1.47. The summed E-state index contributed by atoms with van der Waals surface area (Å²) in [6.07, 6.45) is 12.1. The number of hydrogen-bond acceptors (Lipinski definition) is 3. The summed E-state index contributed by atoms with van der Waals surface area (Å²) in [7, 11) is 0. The summed E-state index contributed by atoms with van der Waals surface area (Å²) in [5.74, 6) is 0.984. The summed E-state index contributed by atoms with van der Waals surface area (Å²) in [5.41, 5.74) is 2.98. The lowest BCUT2D eigenvalue weighted by Gasteiger charge is -2.38. The van der Waals surface area contributed by atoms with E-state index in [0.717, 1.165) is 56.2 Å². The summed E-state index contributed by atoms with van der Waals surface area (Å²) < 4.78 is 1.53. The first kappa shape index (κ1) is 16.6. The molecular weight excluding hydrogens is 316 g/mol. The summed E-state index contributed by atoms with van der Waals surface area (Å²) >= 11 is 0. The van der Waals surface area contributed by atoms with Gasteiger partial charge in [-0.25, -0.2) is 0 Å². The van der Waals surface area contributed by atoms with E-state index in [-0.39, 0.29) is 17.7 Å². The molecule has 2 aliphatic carbocycles. The van der Waals surface area contributed by atoms with Crippen LogP contribution in [-0.2, 0) is 24.2 Å². The number of fused-ring (bicyclic) bond motifs is 2. The number of aromatic nitrogens is 1. The van der Waals surface area contributed by atoms with Crippen molar-refractivity contribution < 1.29 is 15.0 Å². The quantitative estimate of drug-likeness (QED) is 0.882. The highest BCUT2D eigenvalue weighted by molar-refractivity contribution is 5.78. The predicted octanol–water partition coefficient (Wildman–Crippen LogP) is 3.47. The monoisotopic (exact) mass is 344 g/mol. The second-order valence-corrected chi connectivity index (χ2v) is 7.66. The van der Waals surface area contributed by atoms with Gasteiger partial charge in [0.1, 0.15) is 0 Å². The first-order valence-corrected chi connectivity index (χ1v) is 9.79. The minimum atomic E-state index is 0.114. The molecule has 1 fully saturated rings. The van der Waals surface area contributed by atoms with Crippen molar-refractivity contribution in [3.8, 4) is 11.8 Å². The van der Waals surface area contributed by atoms with Crippen LogP contribution in [0.5, 0.6) is 11.8 Å². The highest BCUT2D eigenvalue weighted by Gasteiger charge is 2.31. The van der Waals surface area contributed by atoms with Gasteiger partial charge in [0, 0.05) is 36.3 Å². The van der Waals surface area contributed by atoms with Gasteiger partial charge in [-0.1, -0.05) is 6.08 Å². The van der Waals surface area contributed by atoms with Crippen molar-refractivity contribution in [2.75, 3.05) is 6.54 Å². The van der Waals surface area contributed by atoms with Gasteiger partial charge < -0.3 is 15.1 Å². The van der Waals surface area contributed by atoms with Crippen LogP contribution in [0, 0.1) is 5.92 Å². The molecule has 4 rings (SSSR count). The van der Waals surface area contributed by atoms with Gasteiger partial charge >= 0.3 is 0 Å². The van der Waals surface area contributed by atoms with E-state index in [1.165, 1.54) is 29.5 Å². The fraction of sp³-hybridized carbons (Fsp3) is 0.650. The van der Waals surface area contributed by atoms with Gasteiger partial charge in [0.25, 0.3) is 0 Å². The maximum Gasteiger partial charge on any atom is 0.228 e. The van der Waals surface area contributed by atoms with Gasteiger partial charge in [-0.05, 0) is 63.7 Å². The van der Waals surface area contributed by atoms with E-state index in [0.29, 0.717) is 18.9 Å². The number of nitrogens with zero attached hydrogens (tertiary/aromatic N) is 2. The van der Waals surface area contributed by atoms with Gasteiger partial charge in [0.15, 0.2) is 11.8 Å². The number of aromatic hydroxyl groups is 2. The van der Waals surface area contributed by atoms with E-state index in [1.807, 2.05) is 4.90 Å². The third-order valence-electron chi connectivity index (χ3n) is 6.14. The van der Waals surface area contributed by atoms with E-state index >= 15 is 0 Å². The lowest BCUT2D eigenvalue weighted by molar-refractivity contribution is -0.130. The number of piperidine rings is 1. The Morgan fingerprint density at radius 3 is 2.44 bits per heavy atom. The molecule has 25 heavy (non-hydrogen) atoms. The fourth-order valence-electron chi connectivity index (χ4n) is 4.82. The molecular formula is C20H28N2O3. The SMILES string of the molecule is O=C(CCn1c(O)c2c(c1O)CCCC2)N1CCCC2CCCC=C21. The molecule has 1 amide bonds. The van der Waals surface area contributed by atoms with Crippen molar-refractivity contribution in [1.29, 1.82) is 0 Å². The molecule has 1 unspecified atom stereocenters. The maximum absolute atomic E-state index is 12.8. The first-order valence-electron chi connectivity index (χ1n) is 9.79. The molecule has 1 atom stereocenters. The third kappa shape index (κ3) is 2.94. The molecule has 136 valence electrons. The van der Waals surface area contributed by atoms with Crippen LogP contribution in [0.15, 0.2) is 11.8 Å². The molecule has 2 N–H and O–H groups in total. The van der Waals surface area contributed by atoms with Gasteiger partial charge in [-0.15, -0.1) is 0 Å². The van der Waals surface area contributed by atoms with Crippen LogP contribution < -0.4 is 0 Å². The highest BCUT2D eigenvalue weighted by Crippen LogP contribution is 2.39. The first-order chi connectivity index (χ1) is 12.2. The van der Waals surface area contributed by atoms with Gasteiger partial charge in [0.05, 0.1) is 0 Å². The summed E-state index contributed by atoms with van der Waals surface area (Å²) in [6, 6.07) is 0. The molecule has 5 nitrogen and oxygen atoms in total. The molecule has 0 spiro atoms. The number of hydrogen-bond donors (Lipinski definition) is 2. The second kappa shape index (κ2) is 6.77. The molecule has 3 aliphatic rings. The largest absolute Gasteiger partial charge is 0.494 e. The van der Waals surface area contributed by atoms with Crippen molar-refractivity contribution in [1.82, 2.24) is 9.47 Å². The lowest BCUT2D eigenvalue weighted by Crippen LogP contribution is -2.39. The topological polar surface area (TPSA) is 65.7 Å². The Kier molecular flexibility index (Phi) is 4.48. The summed E-state index contributed by atoms with van der Waals surface area (Å²) in [5, 5.41) is 20.9.